The molecule has 1 atom stereocenters. The van der Waals surface area contributed by atoms with Crippen LogP contribution in [-0.4, -0.2) is 22.7 Å². The fourth-order valence-electron chi connectivity index (χ4n) is 2.06. The fraction of sp³-hybridized carbons (Fsp3) is 0.286. The summed E-state index contributed by atoms with van der Waals surface area (Å²) in [5, 5.41) is 10.5. The Labute approximate surface area is 122 Å². The van der Waals surface area contributed by atoms with E-state index in [1.165, 1.54) is 0 Å². The Kier molecular flexibility index (Phi) is 4.29. The predicted molar refractivity (Wildman–Crippen MR) is 80.1 cm³/mol. The van der Waals surface area contributed by atoms with Crippen molar-refractivity contribution in [2.75, 3.05) is 12.4 Å². The van der Waals surface area contributed by atoms with Gasteiger partial charge >= 0.3 is 0 Å². The molecule has 1 aromatic heterocycles. The van der Waals surface area contributed by atoms with Crippen LogP contribution in [0.25, 0.3) is 0 Å². The van der Waals surface area contributed by atoms with Gasteiger partial charge in [0, 0.05) is 26.0 Å². The number of rotatable bonds is 4. The molecule has 2 rings (SSSR count). The zero-order valence-electron chi connectivity index (χ0n) is 11.6. The minimum Gasteiger partial charge on any atom is -0.377 e. The largest absolute Gasteiger partial charge is 0.377 e. The Bertz CT molecular complexity index is 623. The van der Waals surface area contributed by atoms with Gasteiger partial charge in [-0.25, -0.2) is 0 Å². The number of hydrogen-bond donors (Lipinski definition) is 2. The number of benzene rings is 1. The molecule has 6 heteroatoms. The number of carbonyl (C=O) groups is 1. The van der Waals surface area contributed by atoms with Crippen LogP contribution in [0.2, 0.25) is 5.02 Å². The molecule has 5 nitrogen and oxygen atoms in total. The molecule has 106 valence electrons. The van der Waals surface area contributed by atoms with Gasteiger partial charge in [0.1, 0.15) is 0 Å². The Balaban J connectivity index is 2.22. The number of anilines is 1. The first kappa shape index (κ1) is 14.4. The van der Waals surface area contributed by atoms with Gasteiger partial charge in [-0.2, -0.15) is 5.10 Å². The number of hydrogen-bond acceptors (Lipinski definition) is 3. The topological polar surface area (TPSA) is 59.0 Å². The number of amides is 1. The highest BCUT2D eigenvalue weighted by Crippen LogP contribution is 2.24. The van der Waals surface area contributed by atoms with Gasteiger partial charge in [-0.05, 0) is 31.2 Å². The van der Waals surface area contributed by atoms with E-state index >= 15 is 0 Å². The normalized spacial score (nSPS) is 12.0. The standard InChI is InChI=1S/C14H17ClN4O/c1-9(13-6-7-17-19(13)3)18-10-4-5-12(15)11(8-10)14(20)16-2/h4-9,18H,1-3H3,(H,16,20). The van der Waals surface area contributed by atoms with Gasteiger partial charge in [-0.15, -0.1) is 0 Å². The zero-order valence-corrected chi connectivity index (χ0v) is 12.4. The molecule has 0 aliphatic carbocycles. The molecule has 0 fully saturated rings. The van der Waals surface area contributed by atoms with Gasteiger partial charge in [0.25, 0.3) is 5.91 Å². The van der Waals surface area contributed by atoms with Crippen molar-refractivity contribution >= 4 is 23.2 Å². The molecule has 0 spiro atoms. The van der Waals surface area contributed by atoms with Gasteiger partial charge < -0.3 is 10.6 Å². The number of nitrogens with zero attached hydrogens (tertiary/aromatic N) is 2. The van der Waals surface area contributed by atoms with Crippen LogP contribution in [-0.2, 0) is 7.05 Å². The smallest absolute Gasteiger partial charge is 0.252 e. The van der Waals surface area contributed by atoms with Gasteiger partial charge in [-0.3, -0.25) is 9.48 Å². The van der Waals surface area contributed by atoms with E-state index < -0.39 is 0 Å². The second-order valence-electron chi connectivity index (χ2n) is 4.52. The molecule has 2 N–H and O–H groups in total. The minimum absolute atomic E-state index is 0.0706. The number of carbonyl (C=O) groups excluding carboxylic acids is 1. The minimum atomic E-state index is -0.202. The van der Waals surface area contributed by atoms with E-state index in [1.54, 1.807) is 25.4 Å². The SMILES string of the molecule is CNC(=O)c1cc(NC(C)c2ccnn2C)ccc1Cl. The summed E-state index contributed by atoms with van der Waals surface area (Å²) in [7, 11) is 3.47. The van der Waals surface area contributed by atoms with E-state index in [0.29, 0.717) is 10.6 Å². The molecule has 20 heavy (non-hydrogen) atoms. The molecule has 1 amide bonds. The Morgan fingerprint density at radius 2 is 2.15 bits per heavy atom. The number of halogens is 1. The fourth-order valence-corrected chi connectivity index (χ4v) is 2.26. The monoisotopic (exact) mass is 292 g/mol. The molecule has 0 saturated heterocycles. The lowest BCUT2D eigenvalue weighted by Gasteiger charge is -2.16. The van der Waals surface area contributed by atoms with Crippen LogP contribution in [0.1, 0.15) is 29.0 Å². The van der Waals surface area contributed by atoms with Crippen molar-refractivity contribution in [1.29, 1.82) is 0 Å². The number of aryl methyl sites for hydroxylation is 1. The van der Waals surface area contributed by atoms with E-state index in [0.717, 1.165) is 11.4 Å². The summed E-state index contributed by atoms with van der Waals surface area (Å²) < 4.78 is 1.81. The Morgan fingerprint density at radius 1 is 1.40 bits per heavy atom. The van der Waals surface area contributed by atoms with Crippen molar-refractivity contribution in [3.63, 3.8) is 0 Å². The molecule has 2 aromatic rings. The first-order chi connectivity index (χ1) is 9.52. The van der Waals surface area contributed by atoms with Crippen molar-refractivity contribution in [3.8, 4) is 0 Å². The molecule has 0 aliphatic heterocycles. The second-order valence-corrected chi connectivity index (χ2v) is 4.93. The number of nitrogens with one attached hydrogen (secondary N) is 2. The molecule has 1 aromatic carbocycles. The van der Waals surface area contributed by atoms with Gasteiger partial charge in [0.2, 0.25) is 0 Å². The average Bonchev–Trinajstić information content (AvgIpc) is 2.86. The van der Waals surface area contributed by atoms with Gasteiger partial charge in [-0.1, -0.05) is 11.6 Å². The first-order valence-corrected chi connectivity index (χ1v) is 6.66. The maximum absolute atomic E-state index is 11.7. The maximum Gasteiger partial charge on any atom is 0.252 e. The van der Waals surface area contributed by atoms with Crippen molar-refractivity contribution in [2.45, 2.75) is 13.0 Å². The van der Waals surface area contributed by atoms with Gasteiger partial charge in [0.05, 0.1) is 22.3 Å². The van der Waals surface area contributed by atoms with E-state index in [4.69, 9.17) is 11.6 Å². The highest BCUT2D eigenvalue weighted by atomic mass is 35.5. The van der Waals surface area contributed by atoms with Crippen LogP contribution >= 0.6 is 11.6 Å². The molecule has 1 unspecified atom stereocenters. The van der Waals surface area contributed by atoms with Crippen molar-refractivity contribution in [3.05, 3.63) is 46.7 Å². The average molecular weight is 293 g/mol. The summed E-state index contributed by atoms with van der Waals surface area (Å²) in [6.07, 6.45) is 1.76. The maximum atomic E-state index is 11.7. The van der Waals surface area contributed by atoms with Crippen LogP contribution < -0.4 is 10.6 Å². The van der Waals surface area contributed by atoms with Crippen LogP contribution in [0.5, 0.6) is 0 Å². The molecular formula is C14H17ClN4O. The lowest BCUT2D eigenvalue weighted by Crippen LogP contribution is -2.18. The lowest BCUT2D eigenvalue weighted by molar-refractivity contribution is 0.0963. The number of aromatic nitrogens is 2. The van der Waals surface area contributed by atoms with Crippen LogP contribution in [0.15, 0.2) is 30.5 Å². The van der Waals surface area contributed by atoms with E-state index in [9.17, 15) is 4.79 Å². The highest BCUT2D eigenvalue weighted by molar-refractivity contribution is 6.34. The van der Waals surface area contributed by atoms with Crippen LogP contribution in [0.3, 0.4) is 0 Å². The third-order valence-corrected chi connectivity index (χ3v) is 3.45. The third-order valence-electron chi connectivity index (χ3n) is 3.12. The first-order valence-electron chi connectivity index (χ1n) is 6.29. The molecule has 0 saturated carbocycles. The third kappa shape index (κ3) is 2.93. The van der Waals surface area contributed by atoms with Crippen LogP contribution in [0, 0.1) is 0 Å². The summed E-state index contributed by atoms with van der Waals surface area (Å²) in [4.78, 5) is 11.7. The van der Waals surface area contributed by atoms with Crippen LogP contribution in [0.4, 0.5) is 5.69 Å². The van der Waals surface area contributed by atoms with Crippen molar-refractivity contribution in [2.24, 2.45) is 7.05 Å². The van der Waals surface area contributed by atoms with Gasteiger partial charge in [0.15, 0.2) is 0 Å². The lowest BCUT2D eigenvalue weighted by atomic mass is 10.1. The summed E-state index contributed by atoms with van der Waals surface area (Å²) >= 11 is 6.03. The summed E-state index contributed by atoms with van der Waals surface area (Å²) in [5.74, 6) is -0.202. The summed E-state index contributed by atoms with van der Waals surface area (Å²) in [6.45, 7) is 2.03. The predicted octanol–water partition coefficient (Wildman–Crippen LogP) is 2.61. The summed E-state index contributed by atoms with van der Waals surface area (Å²) in [6, 6.07) is 7.33. The Morgan fingerprint density at radius 3 is 2.75 bits per heavy atom. The van der Waals surface area contributed by atoms with Crippen molar-refractivity contribution in [1.82, 2.24) is 15.1 Å². The van der Waals surface area contributed by atoms with E-state index in [1.807, 2.05) is 30.8 Å². The van der Waals surface area contributed by atoms with E-state index in [2.05, 4.69) is 15.7 Å². The molecular weight excluding hydrogens is 276 g/mol. The highest BCUT2D eigenvalue weighted by Gasteiger charge is 2.12. The zero-order chi connectivity index (χ0) is 14.7. The van der Waals surface area contributed by atoms with Crippen molar-refractivity contribution < 1.29 is 4.79 Å². The Hall–Kier alpha value is -2.01. The molecule has 0 aliphatic rings. The quantitative estimate of drug-likeness (QED) is 0.911. The second kappa shape index (κ2) is 5.96. The summed E-state index contributed by atoms with van der Waals surface area (Å²) in [5.41, 5.74) is 2.35. The molecule has 0 radical (unpaired) electrons. The van der Waals surface area contributed by atoms with E-state index in [-0.39, 0.29) is 11.9 Å². The molecule has 1 heterocycles. The molecule has 0 bridgehead atoms.